The van der Waals surface area contributed by atoms with Gasteiger partial charge in [0.1, 0.15) is 6.04 Å². The van der Waals surface area contributed by atoms with Gasteiger partial charge in [0, 0.05) is 17.6 Å². The summed E-state index contributed by atoms with van der Waals surface area (Å²) in [4.78, 5) is 27.3. The summed E-state index contributed by atoms with van der Waals surface area (Å²) in [5.74, 6) is -0.259. The summed E-state index contributed by atoms with van der Waals surface area (Å²) in [5.41, 5.74) is 1.74. The number of amides is 2. The first-order chi connectivity index (χ1) is 12.9. The van der Waals surface area contributed by atoms with Crippen LogP contribution in [0, 0.1) is 0 Å². The number of carbonyl (C=O) groups excluding carboxylic acids is 2. The van der Waals surface area contributed by atoms with Crippen molar-refractivity contribution in [3.8, 4) is 0 Å². The summed E-state index contributed by atoms with van der Waals surface area (Å²) >= 11 is 6.29. The molecule has 0 saturated heterocycles. The molecule has 2 amide bonds. The SMILES string of the molecule is CC[C@@H](C)NC(=O)[C@@H](C)N(Cc1ccccc1Cl)C(=O)Cc1ccccc1. The zero-order valence-corrected chi connectivity index (χ0v) is 16.9. The van der Waals surface area contributed by atoms with Gasteiger partial charge >= 0.3 is 0 Å². The molecule has 0 heterocycles. The molecule has 0 unspecified atom stereocenters. The van der Waals surface area contributed by atoms with Crippen molar-refractivity contribution < 1.29 is 9.59 Å². The van der Waals surface area contributed by atoms with Gasteiger partial charge < -0.3 is 10.2 Å². The molecule has 27 heavy (non-hydrogen) atoms. The number of carbonyl (C=O) groups is 2. The molecular weight excluding hydrogens is 360 g/mol. The second-order valence-corrected chi connectivity index (χ2v) is 7.18. The third-order valence-electron chi connectivity index (χ3n) is 4.67. The van der Waals surface area contributed by atoms with Gasteiger partial charge in [-0.2, -0.15) is 0 Å². The lowest BCUT2D eigenvalue weighted by molar-refractivity contribution is -0.140. The molecule has 0 spiro atoms. The molecule has 0 saturated carbocycles. The van der Waals surface area contributed by atoms with Gasteiger partial charge in [-0.05, 0) is 37.5 Å². The molecule has 0 aliphatic rings. The Bertz CT molecular complexity index is 764. The topological polar surface area (TPSA) is 49.4 Å². The van der Waals surface area contributed by atoms with Crippen molar-refractivity contribution >= 4 is 23.4 Å². The number of nitrogens with one attached hydrogen (secondary N) is 1. The number of hydrogen-bond acceptors (Lipinski definition) is 2. The molecule has 2 aromatic carbocycles. The lowest BCUT2D eigenvalue weighted by atomic mass is 10.1. The van der Waals surface area contributed by atoms with Crippen LogP contribution in [0.15, 0.2) is 54.6 Å². The minimum Gasteiger partial charge on any atom is -0.352 e. The molecule has 4 nitrogen and oxygen atoms in total. The van der Waals surface area contributed by atoms with Crippen molar-refractivity contribution in [3.05, 3.63) is 70.7 Å². The Labute approximate surface area is 166 Å². The number of nitrogens with zero attached hydrogens (tertiary/aromatic N) is 1. The maximum atomic E-state index is 13.0. The first-order valence-corrected chi connectivity index (χ1v) is 9.67. The van der Waals surface area contributed by atoms with Crippen molar-refractivity contribution in [2.75, 3.05) is 0 Å². The van der Waals surface area contributed by atoms with Gasteiger partial charge in [0.05, 0.1) is 6.42 Å². The average molecular weight is 387 g/mol. The van der Waals surface area contributed by atoms with E-state index in [1.54, 1.807) is 17.9 Å². The van der Waals surface area contributed by atoms with E-state index < -0.39 is 6.04 Å². The Hall–Kier alpha value is -2.33. The summed E-state index contributed by atoms with van der Waals surface area (Å²) in [5, 5.41) is 3.55. The van der Waals surface area contributed by atoms with Gasteiger partial charge in [0.15, 0.2) is 0 Å². The zero-order valence-electron chi connectivity index (χ0n) is 16.1. The monoisotopic (exact) mass is 386 g/mol. The summed E-state index contributed by atoms with van der Waals surface area (Å²) in [6, 6.07) is 16.4. The van der Waals surface area contributed by atoms with Crippen molar-refractivity contribution in [2.45, 2.75) is 52.2 Å². The Morgan fingerprint density at radius 1 is 1.04 bits per heavy atom. The van der Waals surface area contributed by atoms with E-state index in [1.807, 2.05) is 62.4 Å². The molecule has 0 radical (unpaired) electrons. The summed E-state index contributed by atoms with van der Waals surface area (Å²) in [6.07, 6.45) is 1.08. The largest absolute Gasteiger partial charge is 0.352 e. The van der Waals surface area contributed by atoms with Gasteiger partial charge in [0.2, 0.25) is 11.8 Å². The van der Waals surface area contributed by atoms with E-state index in [-0.39, 0.29) is 24.3 Å². The Kier molecular flexibility index (Phi) is 7.86. The summed E-state index contributed by atoms with van der Waals surface area (Å²) in [6.45, 7) is 6.02. The van der Waals surface area contributed by atoms with E-state index in [0.29, 0.717) is 11.6 Å². The smallest absolute Gasteiger partial charge is 0.242 e. The second-order valence-electron chi connectivity index (χ2n) is 6.77. The van der Waals surface area contributed by atoms with E-state index in [4.69, 9.17) is 11.6 Å². The molecule has 2 aromatic rings. The molecule has 1 N–H and O–H groups in total. The highest BCUT2D eigenvalue weighted by Crippen LogP contribution is 2.19. The normalized spacial score (nSPS) is 12.9. The van der Waals surface area contributed by atoms with Gasteiger partial charge in [-0.1, -0.05) is 67.1 Å². The Morgan fingerprint density at radius 2 is 1.67 bits per heavy atom. The van der Waals surface area contributed by atoms with Crippen LogP contribution in [0.25, 0.3) is 0 Å². The quantitative estimate of drug-likeness (QED) is 0.738. The summed E-state index contributed by atoms with van der Waals surface area (Å²) < 4.78 is 0. The Balaban J connectivity index is 2.22. The van der Waals surface area contributed by atoms with Crippen LogP contribution in [0.3, 0.4) is 0 Å². The van der Waals surface area contributed by atoms with Gasteiger partial charge in [-0.15, -0.1) is 0 Å². The van der Waals surface area contributed by atoms with E-state index in [9.17, 15) is 9.59 Å². The molecular formula is C22H27ClN2O2. The highest BCUT2D eigenvalue weighted by atomic mass is 35.5. The van der Waals surface area contributed by atoms with E-state index in [2.05, 4.69) is 5.32 Å². The number of hydrogen-bond donors (Lipinski definition) is 1. The molecule has 2 atom stereocenters. The fraction of sp³-hybridized carbons (Fsp3) is 0.364. The highest BCUT2D eigenvalue weighted by Gasteiger charge is 2.27. The van der Waals surface area contributed by atoms with Crippen LogP contribution in [-0.4, -0.2) is 28.8 Å². The van der Waals surface area contributed by atoms with Crippen molar-refractivity contribution in [1.82, 2.24) is 10.2 Å². The average Bonchev–Trinajstić information content (AvgIpc) is 2.67. The first-order valence-electron chi connectivity index (χ1n) is 9.29. The van der Waals surface area contributed by atoms with Gasteiger partial charge in [-0.25, -0.2) is 0 Å². The molecule has 0 aliphatic carbocycles. The fourth-order valence-corrected chi connectivity index (χ4v) is 2.93. The van der Waals surface area contributed by atoms with E-state index >= 15 is 0 Å². The van der Waals surface area contributed by atoms with Crippen LogP contribution in [0.1, 0.15) is 38.3 Å². The molecule has 0 aromatic heterocycles. The molecule has 0 aliphatic heterocycles. The molecule has 0 fully saturated rings. The van der Waals surface area contributed by atoms with Crippen molar-refractivity contribution in [1.29, 1.82) is 0 Å². The zero-order chi connectivity index (χ0) is 19.8. The van der Waals surface area contributed by atoms with Crippen LogP contribution in [0.5, 0.6) is 0 Å². The molecule has 144 valence electrons. The standard InChI is InChI=1S/C22H27ClN2O2/c1-4-16(2)24-22(27)17(3)25(15-19-12-8-9-13-20(19)23)21(26)14-18-10-6-5-7-11-18/h5-13,16-17H,4,14-15H2,1-3H3,(H,24,27)/t16-,17-/m1/s1. The third kappa shape index (κ3) is 6.10. The van der Waals surface area contributed by atoms with Crippen LogP contribution in [0.2, 0.25) is 5.02 Å². The maximum Gasteiger partial charge on any atom is 0.242 e. The summed E-state index contributed by atoms with van der Waals surface area (Å²) in [7, 11) is 0. The van der Waals surface area contributed by atoms with E-state index in [0.717, 1.165) is 17.5 Å². The predicted molar refractivity (Wildman–Crippen MR) is 110 cm³/mol. The molecule has 0 bridgehead atoms. The lowest BCUT2D eigenvalue weighted by Gasteiger charge is -2.30. The van der Waals surface area contributed by atoms with Crippen LogP contribution >= 0.6 is 11.6 Å². The van der Waals surface area contributed by atoms with Crippen molar-refractivity contribution in [3.63, 3.8) is 0 Å². The predicted octanol–water partition coefficient (Wildman–Crippen LogP) is 4.21. The minimum atomic E-state index is -0.591. The van der Waals surface area contributed by atoms with Crippen molar-refractivity contribution in [2.24, 2.45) is 0 Å². The molecule has 2 rings (SSSR count). The highest BCUT2D eigenvalue weighted by molar-refractivity contribution is 6.31. The Morgan fingerprint density at radius 3 is 2.30 bits per heavy atom. The van der Waals surface area contributed by atoms with Gasteiger partial charge in [-0.3, -0.25) is 9.59 Å². The van der Waals surface area contributed by atoms with Crippen LogP contribution < -0.4 is 5.32 Å². The maximum absolute atomic E-state index is 13.0. The number of halogens is 1. The number of benzene rings is 2. The first kappa shape index (κ1) is 21.0. The second kappa shape index (κ2) is 10.1. The fourth-order valence-electron chi connectivity index (χ4n) is 2.73. The third-order valence-corrected chi connectivity index (χ3v) is 5.03. The van der Waals surface area contributed by atoms with Crippen LogP contribution in [0.4, 0.5) is 0 Å². The van der Waals surface area contributed by atoms with Crippen LogP contribution in [-0.2, 0) is 22.6 Å². The van der Waals surface area contributed by atoms with E-state index in [1.165, 1.54) is 0 Å². The van der Waals surface area contributed by atoms with Gasteiger partial charge in [0.25, 0.3) is 0 Å². The molecule has 5 heteroatoms. The lowest BCUT2D eigenvalue weighted by Crippen LogP contribution is -2.49. The minimum absolute atomic E-state index is 0.0614. The number of rotatable bonds is 8.